The molecule has 0 radical (unpaired) electrons. The average molecular weight is 467 g/mol. The van der Waals surface area contributed by atoms with Crippen molar-refractivity contribution in [3.05, 3.63) is 112 Å². The molecule has 0 spiro atoms. The maximum absolute atomic E-state index is 13.5. The van der Waals surface area contributed by atoms with Crippen LogP contribution in [0.3, 0.4) is 0 Å². The number of aromatic nitrogens is 2. The molecule has 4 aromatic rings. The number of rotatable bonds is 7. The third-order valence-corrected chi connectivity index (χ3v) is 6.14. The first-order valence-corrected chi connectivity index (χ1v) is 11.7. The molecular formula is C28H26N4O3. The predicted molar refractivity (Wildman–Crippen MR) is 134 cm³/mol. The Morgan fingerprint density at radius 1 is 0.914 bits per heavy atom. The van der Waals surface area contributed by atoms with Crippen LogP contribution in [0, 0.1) is 0 Å². The monoisotopic (exact) mass is 466 g/mol. The summed E-state index contributed by atoms with van der Waals surface area (Å²) >= 11 is 0. The number of hydrogen-bond acceptors (Lipinski definition) is 4. The van der Waals surface area contributed by atoms with Crippen molar-refractivity contribution in [2.24, 2.45) is 0 Å². The van der Waals surface area contributed by atoms with Crippen molar-refractivity contribution in [3.63, 3.8) is 0 Å². The van der Waals surface area contributed by atoms with E-state index in [0.717, 1.165) is 24.0 Å². The summed E-state index contributed by atoms with van der Waals surface area (Å²) < 4.78 is 1.35. The van der Waals surface area contributed by atoms with Crippen LogP contribution in [-0.2, 0) is 13.1 Å². The molecule has 0 bridgehead atoms. The molecule has 0 atom stereocenters. The van der Waals surface area contributed by atoms with Gasteiger partial charge < -0.3 is 10.2 Å². The first-order chi connectivity index (χ1) is 17.0. The maximum atomic E-state index is 13.5. The van der Waals surface area contributed by atoms with Crippen LogP contribution in [0.5, 0.6) is 0 Å². The molecular weight excluding hydrogens is 440 g/mol. The lowest BCUT2D eigenvalue weighted by molar-refractivity contribution is 0.0778. The van der Waals surface area contributed by atoms with E-state index in [4.69, 9.17) is 0 Å². The highest BCUT2D eigenvalue weighted by Crippen LogP contribution is 2.20. The van der Waals surface area contributed by atoms with Crippen LogP contribution in [0.4, 0.5) is 0 Å². The molecule has 1 fully saturated rings. The highest BCUT2D eigenvalue weighted by atomic mass is 16.2. The Balaban J connectivity index is 1.39. The molecule has 1 N–H and O–H groups in total. The summed E-state index contributed by atoms with van der Waals surface area (Å²) in [6.45, 7) is 0.621. The molecule has 7 nitrogen and oxygen atoms in total. The molecule has 1 aromatic heterocycles. The summed E-state index contributed by atoms with van der Waals surface area (Å²) in [6.07, 6.45) is 2.08. The zero-order chi connectivity index (χ0) is 24.4. The van der Waals surface area contributed by atoms with E-state index in [1.807, 2.05) is 42.5 Å². The standard InChI is InChI=1S/C28H26N4O3/c1-31(17-20-11-13-21(14-12-20)26(33)29-22-15-16-22)28(35)25-23-9-5-6-10-24(23)27(34)32(30-25)18-19-7-3-2-4-8-19/h2-14,22H,15-18H2,1H3,(H,29,33). The van der Waals surface area contributed by atoms with Gasteiger partial charge in [0.2, 0.25) is 0 Å². The van der Waals surface area contributed by atoms with Crippen LogP contribution in [0.25, 0.3) is 10.8 Å². The van der Waals surface area contributed by atoms with Crippen LogP contribution >= 0.6 is 0 Å². The van der Waals surface area contributed by atoms with Gasteiger partial charge in [0.25, 0.3) is 17.4 Å². The van der Waals surface area contributed by atoms with Crippen LogP contribution in [-0.4, -0.2) is 39.6 Å². The highest BCUT2D eigenvalue weighted by molar-refractivity contribution is 6.04. The fourth-order valence-corrected chi connectivity index (χ4v) is 4.04. The smallest absolute Gasteiger partial charge is 0.274 e. The summed E-state index contributed by atoms with van der Waals surface area (Å²) in [5, 5.41) is 8.46. The predicted octanol–water partition coefficient (Wildman–Crippen LogP) is 3.61. The summed E-state index contributed by atoms with van der Waals surface area (Å²) in [5.74, 6) is -0.349. The van der Waals surface area contributed by atoms with E-state index in [9.17, 15) is 14.4 Å². The first-order valence-electron chi connectivity index (χ1n) is 11.7. The zero-order valence-electron chi connectivity index (χ0n) is 19.5. The number of benzene rings is 3. The summed E-state index contributed by atoms with van der Waals surface area (Å²) in [6, 6.07) is 24.2. The third-order valence-electron chi connectivity index (χ3n) is 6.14. The summed E-state index contributed by atoms with van der Waals surface area (Å²) in [4.78, 5) is 40.3. The minimum atomic E-state index is -0.279. The van der Waals surface area contributed by atoms with E-state index in [2.05, 4.69) is 10.4 Å². The van der Waals surface area contributed by atoms with Gasteiger partial charge in [-0.15, -0.1) is 0 Å². The molecule has 0 unspecified atom stereocenters. The Labute approximate surface area is 203 Å². The molecule has 1 aliphatic carbocycles. The van der Waals surface area contributed by atoms with E-state index in [0.29, 0.717) is 28.9 Å². The van der Waals surface area contributed by atoms with Gasteiger partial charge in [0, 0.05) is 30.6 Å². The van der Waals surface area contributed by atoms with Crippen molar-refractivity contribution in [2.45, 2.75) is 32.0 Å². The summed E-state index contributed by atoms with van der Waals surface area (Å²) in [7, 11) is 1.71. The van der Waals surface area contributed by atoms with Gasteiger partial charge in [0.1, 0.15) is 0 Å². The second-order valence-electron chi connectivity index (χ2n) is 8.95. The fraction of sp³-hybridized carbons (Fsp3) is 0.214. The lowest BCUT2D eigenvalue weighted by Gasteiger charge is -2.19. The molecule has 1 saturated carbocycles. The van der Waals surface area contributed by atoms with Gasteiger partial charge in [0.05, 0.1) is 11.9 Å². The first kappa shape index (κ1) is 22.5. The lowest BCUT2D eigenvalue weighted by atomic mass is 10.1. The van der Waals surface area contributed by atoms with Gasteiger partial charge in [-0.1, -0.05) is 60.7 Å². The Kier molecular flexibility index (Phi) is 6.14. The topological polar surface area (TPSA) is 84.3 Å². The van der Waals surface area contributed by atoms with Crippen LogP contribution in [0.2, 0.25) is 0 Å². The molecule has 0 aliphatic heterocycles. The largest absolute Gasteiger partial charge is 0.349 e. The lowest BCUT2D eigenvalue weighted by Crippen LogP contribution is -2.32. The zero-order valence-corrected chi connectivity index (χ0v) is 19.5. The molecule has 1 aliphatic rings. The Hall–Kier alpha value is -4.26. The van der Waals surface area contributed by atoms with Gasteiger partial charge in [-0.25, -0.2) is 4.68 Å². The van der Waals surface area contributed by atoms with Crippen LogP contribution in [0.15, 0.2) is 83.7 Å². The third kappa shape index (κ3) is 4.99. The normalized spacial score (nSPS) is 12.9. The van der Waals surface area contributed by atoms with Crippen molar-refractivity contribution >= 4 is 22.6 Å². The molecule has 2 amide bonds. The number of carbonyl (C=O) groups excluding carboxylic acids is 2. The van der Waals surface area contributed by atoms with Gasteiger partial charge in [-0.2, -0.15) is 5.10 Å². The van der Waals surface area contributed by atoms with Crippen molar-refractivity contribution in [2.75, 3.05) is 7.05 Å². The van der Waals surface area contributed by atoms with Crippen molar-refractivity contribution in [1.29, 1.82) is 0 Å². The van der Waals surface area contributed by atoms with Crippen molar-refractivity contribution in [3.8, 4) is 0 Å². The van der Waals surface area contributed by atoms with Gasteiger partial charge >= 0.3 is 0 Å². The van der Waals surface area contributed by atoms with Gasteiger partial charge in [-0.3, -0.25) is 14.4 Å². The van der Waals surface area contributed by atoms with Gasteiger partial charge in [0.15, 0.2) is 5.69 Å². The van der Waals surface area contributed by atoms with Crippen molar-refractivity contribution in [1.82, 2.24) is 20.0 Å². The number of fused-ring (bicyclic) bond motifs is 1. The molecule has 7 heteroatoms. The Bertz CT molecular complexity index is 1440. The molecule has 3 aromatic carbocycles. The van der Waals surface area contributed by atoms with E-state index >= 15 is 0 Å². The minimum Gasteiger partial charge on any atom is -0.349 e. The molecule has 176 valence electrons. The number of hydrogen-bond donors (Lipinski definition) is 1. The number of carbonyl (C=O) groups is 2. The van der Waals surface area contributed by atoms with Crippen molar-refractivity contribution < 1.29 is 9.59 Å². The van der Waals surface area contributed by atoms with Crippen LogP contribution < -0.4 is 10.9 Å². The van der Waals surface area contributed by atoms with E-state index in [-0.39, 0.29) is 29.6 Å². The molecule has 1 heterocycles. The van der Waals surface area contributed by atoms with E-state index in [1.54, 1.807) is 48.3 Å². The Morgan fingerprint density at radius 3 is 2.26 bits per heavy atom. The highest BCUT2D eigenvalue weighted by Gasteiger charge is 2.24. The van der Waals surface area contributed by atoms with E-state index in [1.165, 1.54) is 4.68 Å². The van der Waals surface area contributed by atoms with E-state index < -0.39 is 0 Å². The fourth-order valence-electron chi connectivity index (χ4n) is 4.04. The molecule has 35 heavy (non-hydrogen) atoms. The summed E-state index contributed by atoms with van der Waals surface area (Å²) in [5.41, 5.74) is 2.43. The maximum Gasteiger partial charge on any atom is 0.274 e. The number of nitrogens with one attached hydrogen (secondary N) is 1. The quantitative estimate of drug-likeness (QED) is 0.451. The average Bonchev–Trinajstić information content (AvgIpc) is 3.70. The van der Waals surface area contributed by atoms with Gasteiger partial charge in [-0.05, 0) is 42.2 Å². The molecule has 5 rings (SSSR count). The molecule has 0 saturated heterocycles. The second kappa shape index (κ2) is 9.54. The minimum absolute atomic E-state index is 0.0696. The number of nitrogens with zero attached hydrogens (tertiary/aromatic N) is 3. The second-order valence-corrected chi connectivity index (χ2v) is 8.95. The van der Waals surface area contributed by atoms with Crippen LogP contribution in [0.1, 0.15) is 44.8 Å². The number of amides is 2. The Morgan fingerprint density at radius 2 is 1.57 bits per heavy atom. The SMILES string of the molecule is CN(Cc1ccc(C(=O)NC2CC2)cc1)C(=O)c1nn(Cc2ccccc2)c(=O)c2ccccc12.